The van der Waals surface area contributed by atoms with Crippen molar-refractivity contribution in [3.8, 4) is 0 Å². The number of methoxy groups -OCH3 is 1. The first-order valence-electron chi connectivity index (χ1n) is 2.35. The molecule has 0 saturated carbocycles. The van der Waals surface area contributed by atoms with Crippen molar-refractivity contribution in [3.63, 3.8) is 0 Å². The van der Waals surface area contributed by atoms with Gasteiger partial charge in [0.15, 0.2) is 3.92 Å². The Kier molecular flexibility index (Phi) is 3.48. The van der Waals surface area contributed by atoms with Crippen LogP contribution in [0.15, 0.2) is 0 Å². The van der Waals surface area contributed by atoms with Crippen molar-refractivity contribution < 1.29 is 26.7 Å². The standard InChI is InChI=1S/C4H4F5IO/c1-11-4(8,9)2(10)3(5,6)7/h2H,1H3. The highest BCUT2D eigenvalue weighted by molar-refractivity contribution is 14.1. The molecule has 0 amide bonds. The Morgan fingerprint density at radius 1 is 1.18 bits per heavy atom. The van der Waals surface area contributed by atoms with Gasteiger partial charge in [-0.25, -0.2) is 0 Å². The van der Waals surface area contributed by atoms with E-state index in [0.29, 0.717) is 29.7 Å². The summed E-state index contributed by atoms with van der Waals surface area (Å²) in [5.41, 5.74) is 0. The van der Waals surface area contributed by atoms with E-state index in [0.717, 1.165) is 0 Å². The van der Waals surface area contributed by atoms with Gasteiger partial charge in [-0.1, -0.05) is 22.6 Å². The summed E-state index contributed by atoms with van der Waals surface area (Å²) < 4.78 is 59.4. The Morgan fingerprint density at radius 2 is 1.55 bits per heavy atom. The van der Waals surface area contributed by atoms with Gasteiger partial charge in [-0.2, -0.15) is 22.0 Å². The van der Waals surface area contributed by atoms with Crippen LogP contribution in [0, 0.1) is 0 Å². The van der Waals surface area contributed by atoms with Gasteiger partial charge in [-0.3, -0.25) is 0 Å². The first-order valence-corrected chi connectivity index (χ1v) is 3.60. The number of alkyl halides is 6. The molecular weight excluding hydrogens is 286 g/mol. The van der Waals surface area contributed by atoms with Gasteiger partial charge in [-0.05, 0) is 0 Å². The number of hydrogen-bond donors (Lipinski definition) is 0. The fraction of sp³-hybridized carbons (Fsp3) is 1.00. The Bertz CT molecular complexity index is 133. The molecule has 0 N–H and O–H groups in total. The highest BCUT2D eigenvalue weighted by Gasteiger charge is 2.54. The van der Waals surface area contributed by atoms with Gasteiger partial charge in [0, 0.05) is 7.11 Å². The molecule has 0 rings (SSSR count). The maximum absolute atomic E-state index is 12.1. The van der Waals surface area contributed by atoms with Crippen molar-refractivity contribution >= 4 is 22.6 Å². The van der Waals surface area contributed by atoms with Crippen LogP contribution in [0.3, 0.4) is 0 Å². The summed E-state index contributed by atoms with van der Waals surface area (Å²) in [6.07, 6.45) is -9.10. The minimum Gasteiger partial charge on any atom is -0.323 e. The molecule has 68 valence electrons. The molecule has 0 bridgehead atoms. The Hall–Kier alpha value is 0.340. The minimum atomic E-state index is -4.94. The molecule has 1 atom stereocenters. The largest absolute Gasteiger partial charge is 0.408 e. The van der Waals surface area contributed by atoms with E-state index in [1.165, 1.54) is 0 Å². The smallest absolute Gasteiger partial charge is 0.323 e. The van der Waals surface area contributed by atoms with Gasteiger partial charge in [0.2, 0.25) is 0 Å². The quantitative estimate of drug-likeness (QED) is 0.431. The molecule has 11 heavy (non-hydrogen) atoms. The third-order valence-corrected chi connectivity index (χ3v) is 2.29. The van der Waals surface area contributed by atoms with E-state index in [1.54, 1.807) is 0 Å². The molecule has 0 aliphatic heterocycles. The fourth-order valence-electron chi connectivity index (χ4n) is 0.294. The molecule has 0 fully saturated rings. The topological polar surface area (TPSA) is 9.23 Å². The summed E-state index contributed by atoms with van der Waals surface area (Å²) in [5.74, 6) is 0. The van der Waals surface area contributed by atoms with Crippen LogP contribution in [0.1, 0.15) is 0 Å². The van der Waals surface area contributed by atoms with E-state index in [2.05, 4.69) is 4.74 Å². The van der Waals surface area contributed by atoms with Crippen molar-refractivity contribution in [1.29, 1.82) is 0 Å². The summed E-state index contributed by atoms with van der Waals surface area (Å²) in [7, 11) is 0.525. The molecule has 0 radical (unpaired) electrons. The zero-order valence-corrected chi connectivity index (χ0v) is 7.41. The highest BCUT2D eigenvalue weighted by Crippen LogP contribution is 2.38. The first-order chi connectivity index (χ1) is 4.72. The summed E-state index contributed by atoms with van der Waals surface area (Å²) in [6, 6.07) is 0. The molecule has 1 nitrogen and oxygen atoms in total. The van der Waals surface area contributed by atoms with Gasteiger partial charge in [0.05, 0.1) is 0 Å². The molecular formula is C4H4F5IO. The zero-order valence-electron chi connectivity index (χ0n) is 5.25. The third-order valence-electron chi connectivity index (χ3n) is 0.855. The van der Waals surface area contributed by atoms with Crippen LogP contribution in [0.5, 0.6) is 0 Å². The lowest BCUT2D eigenvalue weighted by Gasteiger charge is -2.21. The number of halogens is 6. The van der Waals surface area contributed by atoms with Crippen molar-refractivity contribution in [2.75, 3.05) is 7.11 Å². The SMILES string of the molecule is COC(F)(F)C(I)C(F)(F)F. The second-order valence-corrected chi connectivity index (χ2v) is 2.92. The molecule has 0 spiro atoms. The maximum Gasteiger partial charge on any atom is 0.408 e. The molecule has 0 aliphatic carbocycles. The number of rotatable bonds is 2. The van der Waals surface area contributed by atoms with Crippen molar-refractivity contribution in [3.05, 3.63) is 0 Å². The van der Waals surface area contributed by atoms with Crippen LogP contribution in [-0.4, -0.2) is 23.3 Å². The Balaban J connectivity index is 4.35. The Morgan fingerprint density at radius 3 is 1.64 bits per heavy atom. The van der Waals surface area contributed by atoms with Crippen molar-refractivity contribution in [2.45, 2.75) is 16.2 Å². The van der Waals surface area contributed by atoms with E-state index in [9.17, 15) is 22.0 Å². The molecule has 1 unspecified atom stereocenters. The van der Waals surface area contributed by atoms with Crippen LogP contribution in [-0.2, 0) is 4.74 Å². The molecule has 0 saturated heterocycles. The van der Waals surface area contributed by atoms with E-state index >= 15 is 0 Å². The average Bonchev–Trinajstić information content (AvgIpc) is 1.84. The second-order valence-electron chi connectivity index (χ2n) is 1.67. The monoisotopic (exact) mass is 290 g/mol. The summed E-state index contributed by atoms with van der Waals surface area (Å²) in [5, 5.41) is 0. The molecule has 0 aromatic rings. The molecule has 7 heteroatoms. The number of ether oxygens (including phenoxy) is 1. The summed E-state index contributed by atoms with van der Waals surface area (Å²) >= 11 is 0.591. The van der Waals surface area contributed by atoms with Crippen LogP contribution in [0.4, 0.5) is 22.0 Å². The van der Waals surface area contributed by atoms with Crippen molar-refractivity contribution in [1.82, 2.24) is 0 Å². The van der Waals surface area contributed by atoms with Gasteiger partial charge < -0.3 is 4.74 Å². The van der Waals surface area contributed by atoms with Gasteiger partial charge in [0.1, 0.15) is 0 Å². The Labute approximate surface area is 73.0 Å². The highest BCUT2D eigenvalue weighted by atomic mass is 127. The first kappa shape index (κ1) is 11.3. The average molecular weight is 290 g/mol. The number of hydrogen-bond acceptors (Lipinski definition) is 1. The van der Waals surface area contributed by atoms with Gasteiger partial charge in [0.25, 0.3) is 0 Å². The summed E-state index contributed by atoms with van der Waals surface area (Å²) in [6.45, 7) is 0. The van der Waals surface area contributed by atoms with Crippen LogP contribution in [0.2, 0.25) is 0 Å². The van der Waals surface area contributed by atoms with E-state index in [-0.39, 0.29) is 0 Å². The maximum atomic E-state index is 12.1. The van der Waals surface area contributed by atoms with Crippen molar-refractivity contribution in [2.24, 2.45) is 0 Å². The molecule has 0 aromatic carbocycles. The van der Waals surface area contributed by atoms with Crippen LogP contribution < -0.4 is 0 Å². The third kappa shape index (κ3) is 3.06. The molecule has 0 aromatic heterocycles. The lowest BCUT2D eigenvalue weighted by Crippen LogP contribution is -2.41. The van der Waals surface area contributed by atoms with Crippen LogP contribution in [0.25, 0.3) is 0 Å². The predicted molar refractivity (Wildman–Crippen MR) is 35.8 cm³/mol. The van der Waals surface area contributed by atoms with Gasteiger partial charge >= 0.3 is 12.3 Å². The minimum absolute atomic E-state index is 0.525. The summed E-state index contributed by atoms with van der Waals surface area (Å²) in [4.78, 5) is 0. The van der Waals surface area contributed by atoms with Gasteiger partial charge in [-0.15, -0.1) is 0 Å². The van der Waals surface area contributed by atoms with E-state index in [1.807, 2.05) is 0 Å². The lowest BCUT2D eigenvalue weighted by molar-refractivity contribution is -0.270. The van der Waals surface area contributed by atoms with Crippen LogP contribution >= 0.6 is 22.6 Å². The van der Waals surface area contributed by atoms with E-state index < -0.39 is 16.2 Å². The second kappa shape index (κ2) is 3.38. The fourth-order valence-corrected chi connectivity index (χ4v) is 0.548. The lowest BCUT2D eigenvalue weighted by atomic mass is 10.4. The zero-order chi connectivity index (χ0) is 9.28. The molecule has 0 aliphatic rings. The predicted octanol–water partition coefficient (Wildman–Crippen LogP) is 2.59. The van der Waals surface area contributed by atoms with E-state index in [4.69, 9.17) is 0 Å². The normalized spacial score (nSPS) is 16.6. The molecule has 0 heterocycles.